The Morgan fingerprint density at radius 3 is 2.19 bits per heavy atom. The molecule has 0 radical (unpaired) electrons. The lowest BCUT2D eigenvalue weighted by Gasteiger charge is -2.18. The second kappa shape index (κ2) is 6.21. The number of hydrogen-bond acceptors (Lipinski definition) is 2. The normalized spacial score (nSPS) is 11.0. The van der Waals surface area contributed by atoms with Gasteiger partial charge in [0.1, 0.15) is 12.4 Å². The quantitative estimate of drug-likeness (QED) is 0.810. The highest BCUT2D eigenvalue weighted by Crippen LogP contribution is 2.31. The third kappa shape index (κ3) is 3.38. The van der Waals surface area contributed by atoms with E-state index in [2.05, 4.69) is 52.0 Å². The van der Waals surface area contributed by atoms with Crippen molar-refractivity contribution in [3.8, 4) is 5.75 Å². The van der Waals surface area contributed by atoms with Crippen molar-refractivity contribution in [2.24, 2.45) is 0 Å². The summed E-state index contributed by atoms with van der Waals surface area (Å²) in [6.07, 6.45) is 0. The van der Waals surface area contributed by atoms with Crippen LogP contribution in [0.5, 0.6) is 5.75 Å². The van der Waals surface area contributed by atoms with Gasteiger partial charge in [-0.25, -0.2) is 0 Å². The first-order chi connectivity index (χ1) is 9.90. The lowest BCUT2D eigenvalue weighted by molar-refractivity contribution is 0.300. The molecule has 2 N–H and O–H groups in total. The van der Waals surface area contributed by atoms with Crippen LogP contribution in [0, 0.1) is 20.8 Å². The molecule has 0 atom stereocenters. The van der Waals surface area contributed by atoms with Crippen molar-refractivity contribution in [3.63, 3.8) is 0 Å². The molecule has 0 unspecified atom stereocenters. The fraction of sp³-hybridized carbons (Fsp3) is 0.368. The standard InChI is InChI=1S/C19H25NO/c1-12(2)16-10-18(20)15(5)9-19(16)21-11-17-13(3)7-6-8-14(17)4/h6-10,12H,11,20H2,1-5H3. The van der Waals surface area contributed by atoms with Crippen LogP contribution in [0.2, 0.25) is 0 Å². The van der Waals surface area contributed by atoms with E-state index in [4.69, 9.17) is 10.5 Å². The van der Waals surface area contributed by atoms with Crippen molar-refractivity contribution >= 4 is 5.69 Å². The molecule has 21 heavy (non-hydrogen) atoms. The molecule has 0 aliphatic carbocycles. The molecule has 0 saturated carbocycles. The van der Waals surface area contributed by atoms with Gasteiger partial charge in [-0.3, -0.25) is 0 Å². The van der Waals surface area contributed by atoms with E-state index in [1.807, 2.05) is 13.0 Å². The van der Waals surface area contributed by atoms with Gasteiger partial charge >= 0.3 is 0 Å². The number of nitrogens with two attached hydrogens (primary N) is 1. The Labute approximate surface area is 127 Å². The highest BCUT2D eigenvalue weighted by molar-refractivity contribution is 5.55. The van der Waals surface area contributed by atoms with Crippen LogP contribution in [0.25, 0.3) is 0 Å². The van der Waals surface area contributed by atoms with Crippen LogP contribution < -0.4 is 10.5 Å². The number of aryl methyl sites for hydroxylation is 3. The van der Waals surface area contributed by atoms with Gasteiger partial charge in [0.15, 0.2) is 0 Å². The Hall–Kier alpha value is -1.96. The Morgan fingerprint density at radius 2 is 1.62 bits per heavy atom. The zero-order valence-corrected chi connectivity index (χ0v) is 13.7. The van der Waals surface area contributed by atoms with Gasteiger partial charge in [-0.15, -0.1) is 0 Å². The minimum absolute atomic E-state index is 0.390. The van der Waals surface area contributed by atoms with Crippen LogP contribution in [0.15, 0.2) is 30.3 Å². The Bertz CT molecular complexity index is 624. The van der Waals surface area contributed by atoms with E-state index in [-0.39, 0.29) is 0 Å². The molecule has 112 valence electrons. The molecular formula is C19H25NO. The fourth-order valence-electron chi connectivity index (χ4n) is 2.52. The van der Waals surface area contributed by atoms with Crippen LogP contribution in [-0.2, 0) is 6.61 Å². The number of rotatable bonds is 4. The molecule has 0 spiro atoms. The largest absolute Gasteiger partial charge is 0.489 e. The average molecular weight is 283 g/mol. The van der Waals surface area contributed by atoms with E-state index in [1.54, 1.807) is 0 Å². The van der Waals surface area contributed by atoms with Crippen molar-refractivity contribution in [2.45, 2.75) is 47.1 Å². The zero-order chi connectivity index (χ0) is 15.6. The molecule has 2 aromatic rings. The van der Waals surface area contributed by atoms with Gasteiger partial charge in [-0.1, -0.05) is 32.0 Å². The molecule has 2 aromatic carbocycles. The van der Waals surface area contributed by atoms with Gasteiger partial charge in [0.05, 0.1) is 0 Å². The lowest BCUT2D eigenvalue weighted by Crippen LogP contribution is -2.04. The van der Waals surface area contributed by atoms with Gasteiger partial charge in [0.2, 0.25) is 0 Å². The first-order valence-electron chi connectivity index (χ1n) is 7.48. The summed E-state index contributed by atoms with van der Waals surface area (Å²) in [7, 11) is 0. The summed E-state index contributed by atoms with van der Waals surface area (Å²) >= 11 is 0. The first-order valence-corrected chi connectivity index (χ1v) is 7.48. The Kier molecular flexibility index (Phi) is 4.56. The molecule has 2 nitrogen and oxygen atoms in total. The van der Waals surface area contributed by atoms with E-state index in [0.29, 0.717) is 12.5 Å². The average Bonchev–Trinajstić information content (AvgIpc) is 2.41. The molecule has 0 aliphatic heterocycles. The molecule has 0 amide bonds. The van der Waals surface area contributed by atoms with Gasteiger partial charge in [-0.2, -0.15) is 0 Å². The van der Waals surface area contributed by atoms with E-state index in [1.165, 1.54) is 22.3 Å². The smallest absolute Gasteiger partial charge is 0.123 e. The van der Waals surface area contributed by atoms with Gasteiger partial charge in [0.25, 0.3) is 0 Å². The minimum atomic E-state index is 0.390. The molecule has 0 heterocycles. The maximum Gasteiger partial charge on any atom is 0.123 e. The van der Waals surface area contributed by atoms with Crippen LogP contribution in [0.1, 0.15) is 47.6 Å². The second-order valence-electron chi connectivity index (χ2n) is 6.06. The Morgan fingerprint density at radius 1 is 1.00 bits per heavy atom. The molecular weight excluding hydrogens is 258 g/mol. The van der Waals surface area contributed by atoms with E-state index >= 15 is 0 Å². The lowest BCUT2D eigenvalue weighted by atomic mass is 9.99. The SMILES string of the molecule is Cc1cc(OCc2c(C)cccc2C)c(C(C)C)cc1N. The number of benzene rings is 2. The van der Waals surface area contributed by atoms with Gasteiger partial charge in [-0.05, 0) is 66.6 Å². The molecule has 0 bridgehead atoms. The topological polar surface area (TPSA) is 35.2 Å². The fourth-order valence-corrected chi connectivity index (χ4v) is 2.52. The third-order valence-electron chi connectivity index (χ3n) is 4.04. The van der Waals surface area contributed by atoms with Crippen LogP contribution in [0.3, 0.4) is 0 Å². The number of nitrogen functional groups attached to an aromatic ring is 1. The summed E-state index contributed by atoms with van der Waals surface area (Å²) in [6.45, 7) is 11.2. The van der Waals surface area contributed by atoms with Gasteiger partial charge in [0, 0.05) is 5.69 Å². The van der Waals surface area contributed by atoms with Crippen molar-refractivity contribution in [1.29, 1.82) is 0 Å². The molecule has 0 saturated heterocycles. The summed E-state index contributed by atoms with van der Waals surface area (Å²) in [5, 5.41) is 0. The van der Waals surface area contributed by atoms with Crippen molar-refractivity contribution in [1.82, 2.24) is 0 Å². The monoisotopic (exact) mass is 283 g/mol. The van der Waals surface area contributed by atoms with Crippen molar-refractivity contribution < 1.29 is 4.74 Å². The predicted octanol–water partition coefficient (Wildman–Crippen LogP) is 4.90. The Balaban J connectivity index is 2.30. The minimum Gasteiger partial charge on any atom is -0.489 e. The molecule has 2 heteroatoms. The summed E-state index contributed by atoms with van der Waals surface area (Å²) in [5.74, 6) is 1.33. The van der Waals surface area contributed by atoms with E-state index < -0.39 is 0 Å². The highest BCUT2D eigenvalue weighted by atomic mass is 16.5. The summed E-state index contributed by atoms with van der Waals surface area (Å²) in [5.41, 5.74) is 12.9. The van der Waals surface area contributed by atoms with E-state index in [0.717, 1.165) is 17.0 Å². The third-order valence-corrected chi connectivity index (χ3v) is 4.04. The molecule has 2 rings (SSSR count). The predicted molar refractivity (Wildman–Crippen MR) is 89.9 cm³/mol. The zero-order valence-electron chi connectivity index (χ0n) is 13.7. The first kappa shape index (κ1) is 15.4. The number of ether oxygens (including phenoxy) is 1. The summed E-state index contributed by atoms with van der Waals surface area (Å²) in [6, 6.07) is 10.4. The van der Waals surface area contributed by atoms with E-state index in [9.17, 15) is 0 Å². The van der Waals surface area contributed by atoms with Crippen LogP contribution >= 0.6 is 0 Å². The highest BCUT2D eigenvalue weighted by Gasteiger charge is 2.12. The summed E-state index contributed by atoms with van der Waals surface area (Å²) in [4.78, 5) is 0. The summed E-state index contributed by atoms with van der Waals surface area (Å²) < 4.78 is 6.13. The van der Waals surface area contributed by atoms with Crippen LogP contribution in [-0.4, -0.2) is 0 Å². The second-order valence-corrected chi connectivity index (χ2v) is 6.06. The van der Waals surface area contributed by atoms with Crippen molar-refractivity contribution in [2.75, 3.05) is 5.73 Å². The number of anilines is 1. The number of hydrogen-bond donors (Lipinski definition) is 1. The maximum atomic E-state index is 6.13. The van der Waals surface area contributed by atoms with Gasteiger partial charge < -0.3 is 10.5 Å². The molecule has 0 aromatic heterocycles. The molecule has 0 fully saturated rings. The van der Waals surface area contributed by atoms with Crippen LogP contribution in [0.4, 0.5) is 5.69 Å². The van der Waals surface area contributed by atoms with Crippen molar-refractivity contribution in [3.05, 3.63) is 58.1 Å². The maximum absolute atomic E-state index is 6.13. The molecule has 0 aliphatic rings.